The van der Waals surface area contributed by atoms with Gasteiger partial charge >= 0.3 is 0 Å². The van der Waals surface area contributed by atoms with Crippen LogP contribution in [0.5, 0.6) is 0 Å². The molecule has 5 atom stereocenters. The minimum Gasteiger partial charge on any atom is -0.338 e. The molecule has 0 spiro atoms. The number of rotatable bonds is 4. The van der Waals surface area contributed by atoms with E-state index in [1.807, 2.05) is 6.20 Å². The molecule has 1 saturated carbocycles. The van der Waals surface area contributed by atoms with Crippen molar-refractivity contribution in [2.24, 2.45) is 21.8 Å². The van der Waals surface area contributed by atoms with Gasteiger partial charge in [0.2, 0.25) is 0 Å². The number of nitrogens with zero attached hydrogens (tertiary/aromatic N) is 5. The van der Waals surface area contributed by atoms with Crippen molar-refractivity contribution in [3.63, 3.8) is 0 Å². The first-order valence-corrected chi connectivity index (χ1v) is 11.7. The second-order valence-corrected chi connectivity index (χ2v) is 9.77. The molecular formula is C21H26N6O2P2. The van der Waals surface area contributed by atoms with Crippen LogP contribution in [0.3, 0.4) is 0 Å². The van der Waals surface area contributed by atoms with Crippen molar-refractivity contribution >= 4 is 47.1 Å². The lowest BCUT2D eigenvalue weighted by Gasteiger charge is -2.24. The molecule has 1 aromatic rings. The van der Waals surface area contributed by atoms with Crippen LogP contribution in [0.15, 0.2) is 39.2 Å². The Balaban J connectivity index is 1.34. The summed E-state index contributed by atoms with van der Waals surface area (Å²) in [5.74, 6) is 0.460. The van der Waals surface area contributed by atoms with Crippen LogP contribution in [0, 0.1) is 11.8 Å². The number of carbonyl (C=O) groups is 2. The fraction of sp³-hybridized carbons (Fsp3) is 0.476. The molecular weight excluding hydrogens is 430 g/mol. The predicted molar refractivity (Wildman–Crippen MR) is 127 cm³/mol. The van der Waals surface area contributed by atoms with Crippen molar-refractivity contribution in [3.05, 3.63) is 34.9 Å². The number of aliphatic imine (C=N–C) groups is 2. The van der Waals surface area contributed by atoms with Crippen molar-refractivity contribution in [3.8, 4) is 0 Å². The molecule has 0 aromatic carbocycles. The van der Waals surface area contributed by atoms with E-state index in [1.54, 1.807) is 16.6 Å². The number of hydrogen-bond donors (Lipinski definition) is 1. The maximum atomic E-state index is 13.1. The van der Waals surface area contributed by atoms with E-state index in [4.69, 9.17) is 0 Å². The number of aromatic nitrogens is 2. The molecule has 2 aliphatic carbocycles. The zero-order valence-electron chi connectivity index (χ0n) is 17.4. The number of allylic oxidation sites excluding steroid dienone is 4. The number of fused-ring (bicyclic) bond motifs is 3. The fourth-order valence-corrected chi connectivity index (χ4v) is 5.28. The molecule has 2 aliphatic heterocycles. The molecule has 2 amide bonds. The molecule has 5 rings (SSSR count). The summed E-state index contributed by atoms with van der Waals surface area (Å²) in [6.45, 7) is 1.88. The summed E-state index contributed by atoms with van der Waals surface area (Å²) in [4.78, 5) is 36.9. The Morgan fingerprint density at radius 2 is 2.10 bits per heavy atom. The zero-order chi connectivity index (χ0) is 21.7. The van der Waals surface area contributed by atoms with Gasteiger partial charge in [-0.15, -0.1) is 18.5 Å². The standard InChI is InChI=1S/C21H26N6O2P2/c1-26-19-16(22-6-7-23-19)12-8-13(12)17(21(26)29)24-20(28)18-15(31)10-27(25-18)9-11-4-2-3-5-14(11)30/h2,4,10,12-13,17H,3,5-9,30-31H2,1H3,(H,24,28)/t12-,13+,17+/m0/s1. The van der Waals surface area contributed by atoms with Gasteiger partial charge in [0.1, 0.15) is 6.04 Å². The molecule has 2 unspecified atom stereocenters. The second kappa shape index (κ2) is 8.07. The molecule has 4 aliphatic rings. The van der Waals surface area contributed by atoms with Gasteiger partial charge < -0.3 is 5.32 Å². The fourth-order valence-electron chi connectivity index (χ4n) is 4.57. The van der Waals surface area contributed by atoms with Crippen molar-refractivity contribution in [1.82, 2.24) is 20.0 Å². The number of likely N-dealkylation sites (tertiary alicyclic amines) is 1. The second-order valence-electron chi connectivity index (χ2n) is 8.45. The summed E-state index contributed by atoms with van der Waals surface area (Å²) in [5.41, 5.74) is 2.45. The average Bonchev–Trinajstić information content (AvgIpc) is 3.48. The van der Waals surface area contributed by atoms with Crippen LogP contribution in [-0.2, 0) is 11.3 Å². The van der Waals surface area contributed by atoms with Crippen LogP contribution in [-0.4, -0.2) is 64.2 Å². The quantitative estimate of drug-likeness (QED) is 0.684. The zero-order valence-corrected chi connectivity index (χ0v) is 19.7. The Morgan fingerprint density at radius 1 is 1.29 bits per heavy atom. The Morgan fingerprint density at radius 3 is 2.90 bits per heavy atom. The van der Waals surface area contributed by atoms with E-state index < -0.39 is 6.04 Å². The Labute approximate surface area is 185 Å². The average molecular weight is 456 g/mol. The van der Waals surface area contributed by atoms with Crippen LogP contribution in [0.4, 0.5) is 0 Å². The third kappa shape index (κ3) is 3.81. The highest BCUT2D eigenvalue weighted by molar-refractivity contribution is 7.27. The van der Waals surface area contributed by atoms with Gasteiger partial charge in [0, 0.05) is 24.5 Å². The number of amides is 2. The van der Waals surface area contributed by atoms with Crippen LogP contribution >= 0.6 is 18.5 Å². The molecule has 2 fully saturated rings. The molecule has 3 heterocycles. The number of likely N-dealkylation sites (N-methyl/N-ethyl adjacent to an activating group) is 1. The SMILES string of the molecule is CN1C(=O)[C@H](NC(=O)c2nn(CC3=C(P)CCC=C3)cc2P)[C@@H]2C[C@@H]2C2=NCCN=C21. The van der Waals surface area contributed by atoms with Crippen molar-refractivity contribution in [1.29, 1.82) is 0 Å². The Kier molecular flexibility index (Phi) is 5.39. The van der Waals surface area contributed by atoms with E-state index in [0.29, 0.717) is 36.5 Å². The number of amidine groups is 1. The summed E-state index contributed by atoms with van der Waals surface area (Å²) in [7, 11) is 7.10. The highest BCUT2D eigenvalue weighted by atomic mass is 31.0. The monoisotopic (exact) mass is 456 g/mol. The summed E-state index contributed by atoms with van der Waals surface area (Å²) in [5, 5.41) is 9.47. The van der Waals surface area contributed by atoms with Crippen LogP contribution in [0.1, 0.15) is 29.8 Å². The summed E-state index contributed by atoms with van der Waals surface area (Å²) in [6, 6.07) is -0.587. The van der Waals surface area contributed by atoms with Crippen molar-refractivity contribution in [2.75, 3.05) is 20.1 Å². The molecule has 0 radical (unpaired) electrons. The van der Waals surface area contributed by atoms with E-state index in [-0.39, 0.29) is 23.7 Å². The predicted octanol–water partition coefficient (Wildman–Crippen LogP) is 0.922. The first-order valence-electron chi connectivity index (χ1n) is 10.6. The third-order valence-corrected chi connectivity index (χ3v) is 7.42. The highest BCUT2D eigenvalue weighted by Crippen LogP contribution is 2.45. The van der Waals surface area contributed by atoms with Gasteiger partial charge in [0.25, 0.3) is 11.8 Å². The van der Waals surface area contributed by atoms with Crippen molar-refractivity contribution < 1.29 is 9.59 Å². The van der Waals surface area contributed by atoms with E-state index in [1.165, 1.54) is 10.9 Å². The first-order chi connectivity index (χ1) is 14.9. The van der Waals surface area contributed by atoms with Gasteiger partial charge in [-0.2, -0.15) is 5.10 Å². The van der Waals surface area contributed by atoms with E-state index in [9.17, 15) is 9.59 Å². The molecule has 0 bridgehead atoms. The van der Waals surface area contributed by atoms with Gasteiger partial charge in [0.05, 0.1) is 25.3 Å². The van der Waals surface area contributed by atoms with Crippen LogP contribution in [0.2, 0.25) is 0 Å². The summed E-state index contributed by atoms with van der Waals surface area (Å²) >= 11 is 0. The minimum absolute atomic E-state index is 0.0655. The number of nitrogens with one attached hydrogen (secondary N) is 1. The van der Waals surface area contributed by atoms with Crippen molar-refractivity contribution in [2.45, 2.75) is 31.8 Å². The first kappa shape index (κ1) is 20.7. The van der Waals surface area contributed by atoms with Crippen LogP contribution in [0.25, 0.3) is 0 Å². The third-order valence-electron chi connectivity index (χ3n) is 6.34. The van der Waals surface area contributed by atoms with Gasteiger partial charge in [-0.25, -0.2) is 0 Å². The van der Waals surface area contributed by atoms with Gasteiger partial charge in [0.15, 0.2) is 11.5 Å². The molecule has 8 nitrogen and oxygen atoms in total. The van der Waals surface area contributed by atoms with Crippen LogP contribution < -0.4 is 10.6 Å². The molecule has 162 valence electrons. The van der Waals surface area contributed by atoms with E-state index in [0.717, 1.165) is 25.0 Å². The molecule has 1 saturated heterocycles. The van der Waals surface area contributed by atoms with Gasteiger partial charge in [-0.3, -0.25) is 29.2 Å². The maximum Gasteiger partial charge on any atom is 0.273 e. The largest absolute Gasteiger partial charge is 0.338 e. The lowest BCUT2D eigenvalue weighted by atomic mass is 10.1. The topological polar surface area (TPSA) is 92.0 Å². The highest BCUT2D eigenvalue weighted by Gasteiger charge is 2.55. The minimum atomic E-state index is -0.587. The Hall–Kier alpha value is -2.17. The smallest absolute Gasteiger partial charge is 0.273 e. The Bertz CT molecular complexity index is 1090. The van der Waals surface area contributed by atoms with E-state index >= 15 is 0 Å². The summed E-state index contributed by atoms with van der Waals surface area (Å²) < 4.78 is 1.78. The number of carbonyl (C=O) groups excluding carboxylic acids is 2. The normalized spacial score (nSPS) is 27.3. The number of hydrogen-bond acceptors (Lipinski definition) is 5. The molecule has 1 N–H and O–H groups in total. The maximum absolute atomic E-state index is 13.1. The molecule has 1 aromatic heterocycles. The molecule has 31 heavy (non-hydrogen) atoms. The lowest BCUT2D eigenvalue weighted by molar-refractivity contribution is -0.128. The summed E-state index contributed by atoms with van der Waals surface area (Å²) in [6.07, 6.45) is 9.06. The van der Waals surface area contributed by atoms with Gasteiger partial charge in [-0.1, -0.05) is 12.2 Å². The molecule has 10 heteroatoms. The lowest BCUT2D eigenvalue weighted by Crippen LogP contribution is -2.50. The van der Waals surface area contributed by atoms with E-state index in [2.05, 4.69) is 51.0 Å². The van der Waals surface area contributed by atoms with Gasteiger partial charge in [-0.05, 0) is 36.1 Å².